The Morgan fingerprint density at radius 2 is 1.79 bits per heavy atom. The first kappa shape index (κ1) is 19.0. The molecule has 0 spiro atoms. The van der Waals surface area contributed by atoms with E-state index in [0.29, 0.717) is 12.4 Å². The van der Waals surface area contributed by atoms with Gasteiger partial charge in [-0.1, -0.05) is 13.0 Å². The smallest absolute Gasteiger partial charge is 0.333 e. The molecule has 2 aromatic rings. The molecule has 1 aromatic carbocycles. The lowest BCUT2D eigenvalue weighted by Gasteiger charge is -2.16. The van der Waals surface area contributed by atoms with Crippen molar-refractivity contribution in [2.45, 2.75) is 70.4 Å². The second kappa shape index (κ2) is 7.24. The summed E-state index contributed by atoms with van der Waals surface area (Å²) in [6.07, 6.45) is 8.37. The lowest BCUT2D eigenvalue weighted by molar-refractivity contribution is 0.256. The van der Waals surface area contributed by atoms with Crippen LogP contribution in [0.3, 0.4) is 0 Å². The molecule has 4 rings (SSSR count). The average molecular weight is 403 g/mol. The molecule has 1 heterocycles. The lowest BCUT2D eigenvalue weighted by atomic mass is 9.99. The van der Waals surface area contributed by atoms with E-state index in [9.17, 15) is 13.2 Å². The third kappa shape index (κ3) is 3.41. The molecular weight excluding hydrogens is 376 g/mol. The molecule has 8 heteroatoms. The Kier molecular flexibility index (Phi) is 4.91. The van der Waals surface area contributed by atoms with Crippen LogP contribution in [0, 0.1) is 6.92 Å². The summed E-state index contributed by atoms with van der Waals surface area (Å²) in [5.41, 5.74) is 5.72. The van der Waals surface area contributed by atoms with Crippen molar-refractivity contribution in [3.8, 4) is 0 Å². The van der Waals surface area contributed by atoms with E-state index < -0.39 is 16.1 Å². The molecule has 2 aliphatic carbocycles. The highest BCUT2D eigenvalue weighted by atomic mass is 32.2. The fourth-order valence-corrected chi connectivity index (χ4v) is 5.27. The second-order valence-corrected chi connectivity index (χ2v) is 9.24. The molecule has 7 nitrogen and oxygen atoms in total. The molecule has 0 atom stereocenters. The van der Waals surface area contributed by atoms with Gasteiger partial charge in [-0.25, -0.2) is 14.5 Å². The third-order valence-corrected chi connectivity index (χ3v) is 6.83. The number of urea groups is 1. The molecule has 0 aliphatic heterocycles. The molecule has 2 aliphatic rings. The fourth-order valence-electron chi connectivity index (χ4n) is 4.36. The largest absolute Gasteiger partial charge is 0.334 e. The number of imidazole rings is 1. The van der Waals surface area contributed by atoms with Crippen molar-refractivity contribution in [1.82, 2.24) is 14.3 Å². The van der Waals surface area contributed by atoms with Crippen LogP contribution >= 0.6 is 0 Å². The van der Waals surface area contributed by atoms with Crippen molar-refractivity contribution in [3.05, 3.63) is 40.3 Å². The Bertz CT molecular complexity index is 1010. The maximum atomic E-state index is 12.6. The van der Waals surface area contributed by atoms with Crippen molar-refractivity contribution < 1.29 is 13.2 Å². The van der Waals surface area contributed by atoms with Gasteiger partial charge < -0.3 is 9.88 Å². The van der Waals surface area contributed by atoms with Gasteiger partial charge in [0.15, 0.2) is 5.03 Å². The zero-order valence-corrected chi connectivity index (χ0v) is 17.2. The van der Waals surface area contributed by atoms with Crippen LogP contribution in [0.4, 0.5) is 10.5 Å². The third-order valence-electron chi connectivity index (χ3n) is 5.63. The van der Waals surface area contributed by atoms with E-state index in [4.69, 9.17) is 0 Å². The first-order chi connectivity index (χ1) is 13.4. The van der Waals surface area contributed by atoms with Gasteiger partial charge in [0, 0.05) is 18.4 Å². The quantitative estimate of drug-likeness (QED) is 0.804. The summed E-state index contributed by atoms with van der Waals surface area (Å²) in [6, 6.07) is 1.55. The SMILES string of the molecule is CCCn1cc(S(=O)(=O)NC(=O)Nc2c3c(cc4c2CCC4)CCC3)nc1C. The van der Waals surface area contributed by atoms with Gasteiger partial charge in [0.1, 0.15) is 5.82 Å². The number of amides is 2. The predicted octanol–water partition coefficient (Wildman–Crippen LogP) is 3.09. The number of sulfonamides is 1. The van der Waals surface area contributed by atoms with Crippen LogP contribution in [0.1, 0.15) is 54.3 Å². The first-order valence-corrected chi connectivity index (χ1v) is 11.4. The van der Waals surface area contributed by atoms with Gasteiger partial charge in [0.2, 0.25) is 0 Å². The van der Waals surface area contributed by atoms with Crippen LogP contribution in [-0.2, 0) is 42.3 Å². The molecular formula is C20H26N4O3S. The van der Waals surface area contributed by atoms with Gasteiger partial charge in [-0.2, -0.15) is 8.42 Å². The number of rotatable bonds is 5. The number of carbonyl (C=O) groups excluding carboxylic acids is 1. The number of fused-ring (bicyclic) bond motifs is 2. The highest BCUT2D eigenvalue weighted by molar-refractivity contribution is 7.90. The number of aryl methyl sites for hydroxylation is 4. The minimum Gasteiger partial charge on any atom is -0.334 e. The van der Waals surface area contributed by atoms with Crippen molar-refractivity contribution in [2.24, 2.45) is 0 Å². The molecule has 1 aromatic heterocycles. The van der Waals surface area contributed by atoms with Crippen molar-refractivity contribution >= 4 is 21.7 Å². The molecule has 150 valence electrons. The van der Waals surface area contributed by atoms with Crippen LogP contribution in [0.2, 0.25) is 0 Å². The van der Waals surface area contributed by atoms with Crippen LogP contribution in [-0.4, -0.2) is 24.0 Å². The number of carbonyl (C=O) groups is 1. The summed E-state index contributed by atoms with van der Waals surface area (Å²) < 4.78 is 29.2. The number of aromatic nitrogens is 2. The van der Waals surface area contributed by atoms with Crippen molar-refractivity contribution in [2.75, 3.05) is 5.32 Å². The molecule has 0 saturated heterocycles. The van der Waals surface area contributed by atoms with E-state index in [2.05, 4.69) is 21.1 Å². The molecule has 0 bridgehead atoms. The molecule has 0 unspecified atom stereocenters. The molecule has 0 saturated carbocycles. The zero-order chi connectivity index (χ0) is 19.9. The minimum atomic E-state index is -4.02. The number of benzene rings is 1. The van der Waals surface area contributed by atoms with E-state index in [0.717, 1.165) is 61.8 Å². The second-order valence-electron chi connectivity index (χ2n) is 7.61. The van der Waals surface area contributed by atoms with Crippen molar-refractivity contribution in [3.63, 3.8) is 0 Å². The Morgan fingerprint density at radius 1 is 1.14 bits per heavy atom. The Labute approximate surface area is 165 Å². The van der Waals surface area contributed by atoms with E-state index in [1.807, 2.05) is 6.92 Å². The number of nitrogens with zero attached hydrogens (tertiary/aromatic N) is 2. The highest BCUT2D eigenvalue weighted by Gasteiger charge is 2.27. The molecule has 2 amide bonds. The van der Waals surface area contributed by atoms with Gasteiger partial charge in [-0.3, -0.25) is 0 Å². The van der Waals surface area contributed by atoms with E-state index in [1.54, 1.807) is 11.5 Å². The average Bonchev–Trinajstić information content (AvgIpc) is 3.35. The van der Waals surface area contributed by atoms with Crippen LogP contribution in [0.25, 0.3) is 0 Å². The van der Waals surface area contributed by atoms with Crippen LogP contribution in [0.15, 0.2) is 17.3 Å². The van der Waals surface area contributed by atoms with Gasteiger partial charge in [0.05, 0.1) is 0 Å². The van der Waals surface area contributed by atoms with E-state index >= 15 is 0 Å². The first-order valence-electron chi connectivity index (χ1n) is 9.93. The van der Waals surface area contributed by atoms with Crippen LogP contribution < -0.4 is 10.0 Å². The van der Waals surface area contributed by atoms with Crippen LogP contribution in [0.5, 0.6) is 0 Å². The Morgan fingerprint density at radius 3 is 2.39 bits per heavy atom. The Balaban J connectivity index is 1.56. The number of hydrogen-bond acceptors (Lipinski definition) is 4. The highest BCUT2D eigenvalue weighted by Crippen LogP contribution is 2.38. The zero-order valence-electron chi connectivity index (χ0n) is 16.3. The molecule has 0 radical (unpaired) electrons. The lowest BCUT2D eigenvalue weighted by Crippen LogP contribution is -2.35. The van der Waals surface area contributed by atoms with Crippen molar-refractivity contribution in [1.29, 1.82) is 0 Å². The van der Waals surface area contributed by atoms with Gasteiger partial charge in [-0.15, -0.1) is 0 Å². The summed E-state index contributed by atoms with van der Waals surface area (Å²) in [6.45, 7) is 4.45. The molecule has 2 N–H and O–H groups in total. The number of anilines is 1. The summed E-state index contributed by atoms with van der Waals surface area (Å²) in [5.74, 6) is 0.612. The summed E-state index contributed by atoms with van der Waals surface area (Å²) >= 11 is 0. The van der Waals surface area contributed by atoms with E-state index in [1.165, 1.54) is 17.3 Å². The normalized spacial score (nSPS) is 15.4. The Hall–Kier alpha value is -2.35. The maximum Gasteiger partial charge on any atom is 0.333 e. The number of hydrogen-bond donors (Lipinski definition) is 2. The standard InChI is InChI=1S/C20H26N4O3S/c1-3-10-24-12-18(21-13(24)2)28(26,27)23-20(25)22-19-16-8-4-6-14(16)11-15-7-5-9-17(15)19/h11-12H,3-10H2,1-2H3,(H2,22,23,25). The van der Waals surface area contributed by atoms with Gasteiger partial charge in [-0.05, 0) is 74.1 Å². The molecule has 28 heavy (non-hydrogen) atoms. The predicted molar refractivity (Wildman–Crippen MR) is 107 cm³/mol. The number of nitrogens with one attached hydrogen (secondary N) is 2. The van der Waals surface area contributed by atoms with E-state index in [-0.39, 0.29) is 5.03 Å². The summed E-state index contributed by atoms with van der Waals surface area (Å²) in [7, 11) is -4.02. The monoisotopic (exact) mass is 402 g/mol. The maximum absolute atomic E-state index is 12.6. The molecule has 0 fully saturated rings. The fraction of sp³-hybridized carbons (Fsp3) is 0.500. The topological polar surface area (TPSA) is 93.1 Å². The minimum absolute atomic E-state index is 0.128. The summed E-state index contributed by atoms with van der Waals surface area (Å²) in [5, 5.41) is 2.72. The van der Waals surface area contributed by atoms with Gasteiger partial charge >= 0.3 is 6.03 Å². The van der Waals surface area contributed by atoms with Gasteiger partial charge in [0.25, 0.3) is 10.0 Å². The summed E-state index contributed by atoms with van der Waals surface area (Å²) in [4.78, 5) is 16.7.